The molecule has 0 spiro atoms. The van der Waals surface area contributed by atoms with Gasteiger partial charge in [0.15, 0.2) is 0 Å². The average molecular weight is 271 g/mol. The molecule has 0 radical (unpaired) electrons. The van der Waals surface area contributed by atoms with Crippen LogP contribution in [0.4, 0.5) is 0 Å². The maximum absolute atomic E-state index is 5.94. The van der Waals surface area contributed by atoms with Crippen LogP contribution in [-0.2, 0) is 16.9 Å². The number of fused-ring (bicyclic) bond motifs is 1. The van der Waals surface area contributed by atoms with Gasteiger partial charge in [-0.25, -0.2) is 0 Å². The number of nitrogens with zero attached hydrogens (tertiary/aromatic N) is 2. The van der Waals surface area contributed by atoms with E-state index in [1.54, 1.807) is 0 Å². The van der Waals surface area contributed by atoms with Gasteiger partial charge in [-0.2, -0.15) is 5.10 Å². The van der Waals surface area contributed by atoms with Gasteiger partial charge >= 0.3 is 0 Å². The highest BCUT2D eigenvalue weighted by molar-refractivity contribution is 9.10. The number of epoxide rings is 1. The molecule has 3 nitrogen and oxygen atoms in total. The van der Waals surface area contributed by atoms with Gasteiger partial charge in [0, 0.05) is 6.54 Å². The van der Waals surface area contributed by atoms with Crippen molar-refractivity contribution < 1.29 is 4.74 Å². The molecule has 2 aliphatic rings. The first-order chi connectivity index (χ1) is 7.28. The maximum atomic E-state index is 5.94. The monoisotopic (exact) mass is 270 g/mol. The van der Waals surface area contributed by atoms with Crippen LogP contribution in [0.1, 0.15) is 38.3 Å². The van der Waals surface area contributed by atoms with Crippen LogP contribution in [0.3, 0.4) is 0 Å². The van der Waals surface area contributed by atoms with E-state index in [2.05, 4.69) is 32.6 Å². The lowest BCUT2D eigenvalue weighted by molar-refractivity contribution is 0.274. The fourth-order valence-electron chi connectivity index (χ4n) is 2.80. The molecular formula is C11H15BrN2O. The van der Waals surface area contributed by atoms with Crippen molar-refractivity contribution in [2.75, 3.05) is 0 Å². The van der Waals surface area contributed by atoms with Gasteiger partial charge in [0.2, 0.25) is 0 Å². The summed E-state index contributed by atoms with van der Waals surface area (Å²) in [5, 5.41) is 4.37. The molecule has 2 atom stereocenters. The van der Waals surface area contributed by atoms with Gasteiger partial charge < -0.3 is 4.74 Å². The second-order valence-electron chi connectivity index (χ2n) is 4.40. The summed E-state index contributed by atoms with van der Waals surface area (Å²) in [5.74, 6) is 0. The van der Waals surface area contributed by atoms with Crippen LogP contribution in [0.15, 0.2) is 10.7 Å². The van der Waals surface area contributed by atoms with Gasteiger partial charge in [-0.05, 0) is 42.1 Å². The molecule has 0 bridgehead atoms. The van der Waals surface area contributed by atoms with E-state index in [1.165, 1.54) is 25.0 Å². The zero-order chi connectivity index (χ0) is 10.5. The van der Waals surface area contributed by atoms with Crippen LogP contribution in [0.25, 0.3) is 0 Å². The van der Waals surface area contributed by atoms with Crippen LogP contribution >= 0.6 is 15.9 Å². The summed E-state index contributed by atoms with van der Waals surface area (Å²) in [7, 11) is 0. The number of hydrogen-bond acceptors (Lipinski definition) is 2. The highest BCUT2D eigenvalue weighted by Gasteiger charge is 2.60. The Kier molecular flexibility index (Phi) is 2.18. The molecule has 2 unspecified atom stereocenters. The summed E-state index contributed by atoms with van der Waals surface area (Å²) >= 11 is 3.59. The van der Waals surface area contributed by atoms with E-state index >= 15 is 0 Å². The van der Waals surface area contributed by atoms with E-state index < -0.39 is 0 Å². The van der Waals surface area contributed by atoms with E-state index in [4.69, 9.17) is 4.74 Å². The first-order valence-electron chi connectivity index (χ1n) is 5.67. The molecular weight excluding hydrogens is 256 g/mol. The highest BCUT2D eigenvalue weighted by atomic mass is 79.9. The summed E-state index contributed by atoms with van der Waals surface area (Å²) < 4.78 is 9.11. The first-order valence-corrected chi connectivity index (χ1v) is 6.47. The Hall–Kier alpha value is -0.350. The molecule has 2 heterocycles. The largest absolute Gasteiger partial charge is 0.359 e. The van der Waals surface area contributed by atoms with Crippen molar-refractivity contribution in [1.29, 1.82) is 0 Å². The number of ether oxygens (including phenoxy) is 1. The van der Waals surface area contributed by atoms with Gasteiger partial charge in [-0.3, -0.25) is 4.68 Å². The fraction of sp³-hybridized carbons (Fsp3) is 0.727. The normalized spacial score (nSPS) is 33.9. The van der Waals surface area contributed by atoms with Gasteiger partial charge in [-0.15, -0.1) is 0 Å². The SMILES string of the molecule is CCn1ncc(Br)c1C12CCCCC1O2. The lowest BCUT2D eigenvalue weighted by Gasteiger charge is -2.18. The van der Waals surface area contributed by atoms with E-state index in [1.807, 2.05) is 6.20 Å². The van der Waals surface area contributed by atoms with Crippen molar-refractivity contribution in [2.24, 2.45) is 0 Å². The van der Waals surface area contributed by atoms with Crippen LogP contribution in [0.2, 0.25) is 0 Å². The molecule has 1 saturated heterocycles. The zero-order valence-electron chi connectivity index (χ0n) is 8.87. The number of aryl methyl sites for hydroxylation is 1. The number of rotatable bonds is 2. The molecule has 1 aromatic heterocycles. The summed E-state index contributed by atoms with van der Waals surface area (Å²) in [5.41, 5.74) is 1.26. The number of aromatic nitrogens is 2. The third-order valence-electron chi connectivity index (χ3n) is 3.58. The lowest BCUT2D eigenvalue weighted by Crippen LogP contribution is -2.22. The summed E-state index contributed by atoms with van der Waals surface area (Å²) in [4.78, 5) is 0. The second-order valence-corrected chi connectivity index (χ2v) is 5.25. The quantitative estimate of drug-likeness (QED) is 0.774. The van der Waals surface area contributed by atoms with Gasteiger partial charge in [-0.1, -0.05) is 6.42 Å². The van der Waals surface area contributed by atoms with E-state index in [0.29, 0.717) is 6.10 Å². The number of halogens is 1. The predicted octanol–water partition coefficient (Wildman–Crippen LogP) is 2.83. The molecule has 0 N–H and O–H groups in total. The maximum Gasteiger partial charge on any atom is 0.137 e. The average Bonchev–Trinajstić information content (AvgIpc) is 2.87. The minimum absolute atomic E-state index is 0.00356. The Balaban J connectivity index is 2.01. The van der Waals surface area contributed by atoms with E-state index in [0.717, 1.165) is 17.4 Å². The third-order valence-corrected chi connectivity index (χ3v) is 4.16. The van der Waals surface area contributed by atoms with Crippen molar-refractivity contribution in [2.45, 2.75) is 50.9 Å². The molecule has 82 valence electrons. The molecule has 1 saturated carbocycles. The molecule has 15 heavy (non-hydrogen) atoms. The Morgan fingerprint density at radius 1 is 1.67 bits per heavy atom. The summed E-state index contributed by atoms with van der Waals surface area (Å²) in [6, 6.07) is 0. The molecule has 0 amide bonds. The van der Waals surface area contributed by atoms with Crippen LogP contribution < -0.4 is 0 Å². The first kappa shape index (κ1) is 9.85. The molecule has 2 fully saturated rings. The third kappa shape index (κ3) is 1.31. The highest BCUT2D eigenvalue weighted by Crippen LogP contribution is 2.56. The van der Waals surface area contributed by atoms with E-state index in [9.17, 15) is 0 Å². The second kappa shape index (κ2) is 3.32. The van der Waals surface area contributed by atoms with Crippen molar-refractivity contribution in [3.8, 4) is 0 Å². The Morgan fingerprint density at radius 2 is 2.53 bits per heavy atom. The summed E-state index contributed by atoms with van der Waals surface area (Å²) in [6.07, 6.45) is 7.29. The molecule has 1 aromatic rings. The molecule has 0 aromatic carbocycles. The molecule has 1 aliphatic heterocycles. The van der Waals surface area contributed by atoms with Gasteiger partial charge in [0.25, 0.3) is 0 Å². The predicted molar refractivity (Wildman–Crippen MR) is 60.6 cm³/mol. The van der Waals surface area contributed by atoms with Gasteiger partial charge in [0.05, 0.1) is 22.5 Å². The minimum Gasteiger partial charge on any atom is -0.359 e. The Bertz CT molecular complexity index is 390. The topological polar surface area (TPSA) is 30.4 Å². The van der Waals surface area contributed by atoms with Crippen LogP contribution in [0, 0.1) is 0 Å². The lowest BCUT2D eigenvalue weighted by atomic mass is 9.86. The van der Waals surface area contributed by atoms with Crippen molar-refractivity contribution >= 4 is 15.9 Å². The number of hydrogen-bond donors (Lipinski definition) is 0. The standard InChI is InChI=1S/C11H15BrN2O/c1-2-14-10(8(12)7-13-14)11-6-4-3-5-9(11)15-11/h7,9H,2-6H2,1H3. The molecule has 3 rings (SSSR count). The molecule has 4 heteroatoms. The van der Waals surface area contributed by atoms with Crippen molar-refractivity contribution in [3.63, 3.8) is 0 Å². The zero-order valence-corrected chi connectivity index (χ0v) is 10.5. The van der Waals surface area contributed by atoms with Gasteiger partial charge in [0.1, 0.15) is 5.60 Å². The fourth-order valence-corrected chi connectivity index (χ4v) is 3.43. The van der Waals surface area contributed by atoms with E-state index in [-0.39, 0.29) is 5.60 Å². The van der Waals surface area contributed by atoms with Crippen molar-refractivity contribution in [3.05, 3.63) is 16.4 Å². The summed E-state index contributed by atoms with van der Waals surface area (Å²) in [6.45, 7) is 3.04. The Morgan fingerprint density at radius 3 is 3.27 bits per heavy atom. The molecule has 1 aliphatic carbocycles. The van der Waals surface area contributed by atoms with Crippen molar-refractivity contribution in [1.82, 2.24) is 9.78 Å². The van der Waals surface area contributed by atoms with Crippen LogP contribution in [-0.4, -0.2) is 15.9 Å². The van der Waals surface area contributed by atoms with Crippen LogP contribution in [0.5, 0.6) is 0 Å². The minimum atomic E-state index is 0.00356. The smallest absolute Gasteiger partial charge is 0.137 e. The Labute approximate surface area is 97.9 Å².